The van der Waals surface area contributed by atoms with Crippen LogP contribution >= 0.6 is 0 Å². The Kier molecular flexibility index (Phi) is 4.41. The van der Waals surface area contributed by atoms with Gasteiger partial charge in [-0.05, 0) is 34.4 Å². The fourth-order valence-electron chi connectivity index (χ4n) is 2.83. The third-order valence-electron chi connectivity index (χ3n) is 4.00. The lowest BCUT2D eigenvalue weighted by atomic mass is 10.1. The van der Waals surface area contributed by atoms with Gasteiger partial charge in [0.15, 0.2) is 0 Å². The highest BCUT2D eigenvalue weighted by atomic mass is 19.2. The monoisotopic (exact) mass is 334 g/mol. The summed E-state index contributed by atoms with van der Waals surface area (Å²) in [6.07, 6.45) is 0. The van der Waals surface area contributed by atoms with E-state index in [2.05, 4.69) is 0 Å². The third-order valence-corrected chi connectivity index (χ3v) is 4.00. The summed E-state index contributed by atoms with van der Waals surface area (Å²) >= 11 is 0. The molecule has 24 heavy (non-hydrogen) atoms. The highest BCUT2D eigenvalue weighted by Crippen LogP contribution is 2.26. The molecule has 8 heteroatoms. The second kappa shape index (κ2) is 6.50. The number of benzene rings is 2. The van der Waals surface area contributed by atoms with E-state index >= 15 is 0 Å². The van der Waals surface area contributed by atoms with Crippen LogP contribution in [-0.4, -0.2) is 15.2 Å². The highest BCUT2D eigenvalue weighted by Gasteiger charge is 2.20. The summed E-state index contributed by atoms with van der Waals surface area (Å²) < 4.78 is 25.4. The molecule has 6 nitrogen and oxygen atoms in total. The van der Waals surface area contributed by atoms with Crippen LogP contribution in [0.3, 0.4) is 0 Å². The van der Waals surface area contributed by atoms with Crippen molar-refractivity contribution in [3.63, 3.8) is 0 Å². The minimum absolute atomic E-state index is 0.0223. The van der Waals surface area contributed by atoms with Crippen LogP contribution in [0.4, 0.5) is 20.3 Å². The van der Waals surface area contributed by atoms with E-state index < -0.39 is 4.92 Å². The molecule has 0 spiro atoms. The number of fused-ring (bicyclic) bond motifs is 2. The van der Waals surface area contributed by atoms with Crippen molar-refractivity contribution < 1.29 is 13.9 Å². The molecule has 0 saturated heterocycles. The fraction of sp³-hybridized carbons (Fsp3) is 0.250. The molecule has 4 rings (SSSR count). The van der Waals surface area contributed by atoms with Crippen LogP contribution in [0.25, 0.3) is 0 Å². The maximum absolute atomic E-state index is 12.7. The lowest BCUT2D eigenvalue weighted by molar-refractivity contribution is -0.384. The number of anilines is 1. The van der Waals surface area contributed by atoms with Gasteiger partial charge in [0.1, 0.15) is 0 Å². The molecule has 2 aliphatic heterocycles. The number of hydrogen-bond donors (Lipinski definition) is 1. The summed E-state index contributed by atoms with van der Waals surface area (Å²) in [4.78, 5) is 9.91. The van der Waals surface area contributed by atoms with Crippen LogP contribution in [-0.2, 0) is 26.2 Å². The predicted molar refractivity (Wildman–Crippen MR) is 84.7 cm³/mol. The smallest absolute Gasteiger partial charge is 0.269 e. The summed E-state index contributed by atoms with van der Waals surface area (Å²) in [6.45, 7) is 1.15. The molecule has 2 heterocycles. The Morgan fingerprint density at radius 3 is 1.96 bits per heavy atom. The number of nitro groups is 1. The van der Waals surface area contributed by atoms with E-state index in [9.17, 15) is 19.1 Å². The maximum atomic E-state index is 12.7. The van der Waals surface area contributed by atoms with E-state index in [4.69, 9.17) is 5.73 Å². The Bertz CT molecular complexity index is 785. The molecular weight excluding hydrogens is 318 g/mol. The van der Waals surface area contributed by atoms with E-state index in [1.165, 1.54) is 12.1 Å². The van der Waals surface area contributed by atoms with Gasteiger partial charge >= 0.3 is 0 Å². The second-order valence-corrected chi connectivity index (χ2v) is 5.80. The van der Waals surface area contributed by atoms with Crippen LogP contribution < -0.4 is 5.73 Å². The number of nitrogens with zero attached hydrogens (tertiary/aromatic N) is 3. The average Bonchev–Trinajstić information content (AvgIpc) is 3.06. The largest absolute Gasteiger partial charge is 0.399 e. The Balaban J connectivity index is 0.000000143. The number of rotatable bonds is 1. The molecule has 0 amide bonds. The zero-order chi connectivity index (χ0) is 17.3. The second-order valence-electron chi connectivity index (χ2n) is 5.80. The molecule has 2 aromatic carbocycles. The molecule has 126 valence electrons. The van der Waals surface area contributed by atoms with E-state index in [1.807, 2.05) is 12.1 Å². The van der Waals surface area contributed by atoms with Gasteiger partial charge < -0.3 is 5.73 Å². The van der Waals surface area contributed by atoms with Gasteiger partial charge in [-0.3, -0.25) is 10.1 Å². The van der Waals surface area contributed by atoms with Gasteiger partial charge in [-0.15, -0.1) is 19.2 Å². The topological polar surface area (TPSA) is 75.6 Å². The van der Waals surface area contributed by atoms with Crippen LogP contribution in [0.2, 0.25) is 0 Å². The first-order chi connectivity index (χ1) is 11.4. The average molecular weight is 334 g/mol. The van der Waals surface area contributed by atoms with Gasteiger partial charge in [0.25, 0.3) is 5.69 Å². The minimum Gasteiger partial charge on any atom is -0.399 e. The van der Waals surface area contributed by atoms with Crippen LogP contribution in [0.5, 0.6) is 0 Å². The van der Waals surface area contributed by atoms with Gasteiger partial charge in [-0.1, -0.05) is 12.1 Å². The zero-order valence-electron chi connectivity index (χ0n) is 12.8. The molecular formula is C16H16F2N4O2. The Labute approximate surface area is 137 Å². The van der Waals surface area contributed by atoms with Gasteiger partial charge in [0, 0.05) is 17.8 Å². The van der Waals surface area contributed by atoms with Gasteiger partial charge in [0.05, 0.1) is 31.1 Å². The minimum atomic E-state index is -0.471. The molecule has 0 saturated carbocycles. The number of nitrogens with two attached hydrogens (primary N) is 1. The van der Waals surface area contributed by atoms with Crippen molar-refractivity contribution in [1.29, 1.82) is 0 Å². The first-order valence-corrected chi connectivity index (χ1v) is 7.37. The summed E-state index contributed by atoms with van der Waals surface area (Å²) in [5, 5.41) is 11.8. The van der Waals surface area contributed by atoms with E-state index in [0.717, 1.165) is 21.8 Å². The normalized spacial score (nSPS) is 16.2. The van der Waals surface area contributed by atoms with Crippen molar-refractivity contribution in [2.24, 2.45) is 0 Å². The number of nitrogen functional groups attached to an aromatic ring is 1. The lowest BCUT2D eigenvalue weighted by Crippen LogP contribution is -2.00. The molecule has 0 fully saturated rings. The standard InChI is InChI=1S/C8H7FN2O2.C8H9FN2/c9-10-4-6-1-2-8(11(12)13)3-7(6)5-10;9-11-4-6-1-2-8(10)3-7(6)5-11/h1-3H,4-5H2;1-3H,4-5,10H2. The molecule has 2 aromatic rings. The summed E-state index contributed by atoms with van der Waals surface area (Å²) in [5.41, 5.74) is 9.85. The summed E-state index contributed by atoms with van der Waals surface area (Å²) in [6, 6.07) is 9.94. The molecule has 0 aromatic heterocycles. The van der Waals surface area contributed by atoms with Crippen molar-refractivity contribution in [3.8, 4) is 0 Å². The molecule has 2 N–H and O–H groups in total. The Morgan fingerprint density at radius 1 is 0.875 bits per heavy atom. The van der Waals surface area contributed by atoms with Crippen LogP contribution in [0.1, 0.15) is 22.3 Å². The van der Waals surface area contributed by atoms with Crippen molar-refractivity contribution in [3.05, 3.63) is 68.8 Å². The van der Waals surface area contributed by atoms with Crippen molar-refractivity contribution in [2.45, 2.75) is 26.2 Å². The fourth-order valence-corrected chi connectivity index (χ4v) is 2.83. The van der Waals surface area contributed by atoms with Crippen molar-refractivity contribution >= 4 is 11.4 Å². The number of halogens is 2. The number of nitro benzene ring substituents is 1. The SMILES string of the molecule is Nc1ccc2c(c1)CN(F)C2.O=[N+]([O-])c1ccc2c(c1)CN(F)C2. The predicted octanol–water partition coefficient (Wildman–Crippen LogP) is 3.26. The molecule has 0 bridgehead atoms. The molecule has 0 radical (unpaired) electrons. The Morgan fingerprint density at radius 2 is 1.38 bits per heavy atom. The lowest BCUT2D eigenvalue weighted by Gasteiger charge is -1.96. The third kappa shape index (κ3) is 3.50. The quantitative estimate of drug-likeness (QED) is 0.375. The van der Waals surface area contributed by atoms with Crippen LogP contribution in [0, 0.1) is 10.1 Å². The summed E-state index contributed by atoms with van der Waals surface area (Å²) in [7, 11) is 0. The van der Waals surface area contributed by atoms with E-state index in [-0.39, 0.29) is 18.8 Å². The first-order valence-electron chi connectivity index (χ1n) is 7.37. The van der Waals surface area contributed by atoms with Gasteiger partial charge in [0.2, 0.25) is 0 Å². The molecule has 0 aliphatic carbocycles. The van der Waals surface area contributed by atoms with E-state index in [0.29, 0.717) is 29.5 Å². The van der Waals surface area contributed by atoms with Gasteiger partial charge in [-0.25, -0.2) is 0 Å². The number of non-ortho nitro benzene ring substituents is 1. The van der Waals surface area contributed by atoms with Crippen molar-refractivity contribution in [1.82, 2.24) is 10.2 Å². The highest BCUT2D eigenvalue weighted by molar-refractivity contribution is 5.45. The zero-order valence-corrected chi connectivity index (χ0v) is 12.8. The van der Waals surface area contributed by atoms with Crippen LogP contribution in [0.15, 0.2) is 36.4 Å². The molecule has 0 unspecified atom stereocenters. The molecule has 0 atom stereocenters. The Hall–Kier alpha value is -2.58. The maximum Gasteiger partial charge on any atom is 0.269 e. The van der Waals surface area contributed by atoms with Crippen molar-refractivity contribution in [2.75, 3.05) is 5.73 Å². The summed E-state index contributed by atoms with van der Waals surface area (Å²) in [5.74, 6) is 0. The van der Waals surface area contributed by atoms with E-state index in [1.54, 1.807) is 12.1 Å². The first kappa shape index (κ1) is 16.3. The molecule has 2 aliphatic rings. The van der Waals surface area contributed by atoms with Gasteiger partial charge in [-0.2, -0.15) is 0 Å². The number of hydrogen-bond acceptors (Lipinski definition) is 5.